The molecule has 0 radical (unpaired) electrons. The van der Waals surface area contributed by atoms with Crippen LogP contribution in [-0.4, -0.2) is 16.2 Å². The third-order valence-electron chi connectivity index (χ3n) is 2.81. The minimum absolute atomic E-state index is 0.387. The van der Waals surface area contributed by atoms with E-state index in [0.717, 1.165) is 4.47 Å². The summed E-state index contributed by atoms with van der Waals surface area (Å²) in [4.78, 5) is 11.0. The largest absolute Gasteiger partial charge is 0.481 e. The predicted molar refractivity (Wildman–Crippen MR) is 65.1 cm³/mol. The number of halogens is 1. The maximum absolute atomic E-state index is 11.0. The monoisotopic (exact) mass is 286 g/mol. The Labute approximate surface area is 103 Å². The highest BCUT2D eigenvalue weighted by molar-refractivity contribution is 9.10. The summed E-state index contributed by atoms with van der Waals surface area (Å²) in [7, 11) is 0. The lowest BCUT2D eigenvalue weighted by Crippen LogP contribution is -2.36. The minimum Gasteiger partial charge on any atom is -0.481 e. The number of carboxylic acid groups (broad SMARTS) is 1. The number of carbonyl (C=O) groups is 1. The molecule has 88 valence electrons. The number of aliphatic carboxylic acids is 1. The van der Waals surface area contributed by atoms with Crippen LogP contribution in [0.1, 0.15) is 25.8 Å². The van der Waals surface area contributed by atoms with E-state index in [0.29, 0.717) is 12.0 Å². The molecule has 4 heteroatoms. The molecule has 0 aliphatic heterocycles. The molecule has 0 amide bonds. The highest BCUT2D eigenvalue weighted by atomic mass is 79.9. The average Bonchev–Trinajstić information content (AvgIpc) is 2.18. The molecule has 0 bridgehead atoms. The van der Waals surface area contributed by atoms with E-state index in [1.54, 1.807) is 38.1 Å². The van der Waals surface area contributed by atoms with Gasteiger partial charge < -0.3 is 10.2 Å². The lowest BCUT2D eigenvalue weighted by molar-refractivity contribution is -0.152. The van der Waals surface area contributed by atoms with Gasteiger partial charge in [-0.25, -0.2) is 0 Å². The van der Waals surface area contributed by atoms with E-state index in [2.05, 4.69) is 15.9 Å². The first kappa shape index (κ1) is 13.2. The number of benzene rings is 1. The van der Waals surface area contributed by atoms with Crippen molar-refractivity contribution in [3.8, 4) is 0 Å². The van der Waals surface area contributed by atoms with Gasteiger partial charge in [-0.15, -0.1) is 0 Å². The Morgan fingerprint density at radius 1 is 1.44 bits per heavy atom. The quantitative estimate of drug-likeness (QED) is 0.895. The van der Waals surface area contributed by atoms with Crippen molar-refractivity contribution in [1.29, 1.82) is 0 Å². The molecular weight excluding hydrogens is 272 g/mol. The molecule has 2 unspecified atom stereocenters. The van der Waals surface area contributed by atoms with Crippen LogP contribution in [0.5, 0.6) is 0 Å². The summed E-state index contributed by atoms with van der Waals surface area (Å²) in [6, 6.07) is 7.04. The molecule has 1 aromatic carbocycles. The van der Waals surface area contributed by atoms with E-state index in [9.17, 15) is 9.90 Å². The SMILES string of the molecule is CCC(C(=O)O)C(C)(O)c1ccc(Br)cc1. The van der Waals surface area contributed by atoms with Crippen LogP contribution in [0.15, 0.2) is 28.7 Å². The molecule has 0 saturated carbocycles. The summed E-state index contributed by atoms with van der Waals surface area (Å²) in [5.41, 5.74) is -0.730. The third-order valence-corrected chi connectivity index (χ3v) is 3.34. The van der Waals surface area contributed by atoms with Gasteiger partial charge in [0.2, 0.25) is 0 Å². The summed E-state index contributed by atoms with van der Waals surface area (Å²) >= 11 is 3.30. The van der Waals surface area contributed by atoms with Gasteiger partial charge in [-0.05, 0) is 31.0 Å². The molecule has 0 spiro atoms. The van der Waals surface area contributed by atoms with Crippen LogP contribution >= 0.6 is 15.9 Å². The number of aliphatic hydroxyl groups is 1. The molecule has 16 heavy (non-hydrogen) atoms. The Morgan fingerprint density at radius 2 is 1.94 bits per heavy atom. The van der Waals surface area contributed by atoms with Gasteiger partial charge in [0.05, 0.1) is 5.92 Å². The van der Waals surface area contributed by atoms with Gasteiger partial charge in [0.25, 0.3) is 0 Å². The Kier molecular flexibility index (Phi) is 4.10. The highest BCUT2D eigenvalue weighted by Crippen LogP contribution is 2.32. The first-order chi connectivity index (χ1) is 7.39. The smallest absolute Gasteiger partial charge is 0.309 e. The zero-order valence-electron chi connectivity index (χ0n) is 9.27. The second kappa shape index (κ2) is 4.97. The van der Waals surface area contributed by atoms with Crippen LogP contribution in [0.25, 0.3) is 0 Å². The number of hydrogen-bond donors (Lipinski definition) is 2. The first-order valence-corrected chi connectivity index (χ1v) is 5.90. The Hall–Kier alpha value is -0.870. The van der Waals surface area contributed by atoms with E-state index in [1.165, 1.54) is 0 Å². The lowest BCUT2D eigenvalue weighted by Gasteiger charge is -2.29. The second-order valence-electron chi connectivity index (χ2n) is 3.95. The Balaban J connectivity index is 3.08. The normalized spacial score (nSPS) is 16.5. The van der Waals surface area contributed by atoms with Crippen LogP contribution in [0.4, 0.5) is 0 Å². The fraction of sp³-hybridized carbons (Fsp3) is 0.417. The van der Waals surface area contributed by atoms with E-state index >= 15 is 0 Å². The second-order valence-corrected chi connectivity index (χ2v) is 4.87. The van der Waals surface area contributed by atoms with Gasteiger partial charge >= 0.3 is 5.97 Å². The van der Waals surface area contributed by atoms with Crippen molar-refractivity contribution in [3.05, 3.63) is 34.3 Å². The van der Waals surface area contributed by atoms with Crippen LogP contribution < -0.4 is 0 Å². The summed E-state index contributed by atoms with van der Waals surface area (Å²) in [6.07, 6.45) is 0.387. The van der Waals surface area contributed by atoms with Crippen molar-refractivity contribution in [1.82, 2.24) is 0 Å². The van der Waals surface area contributed by atoms with Crippen LogP contribution in [0.3, 0.4) is 0 Å². The predicted octanol–water partition coefficient (Wildman–Crippen LogP) is 2.77. The summed E-state index contributed by atoms with van der Waals surface area (Å²) in [6.45, 7) is 3.30. The van der Waals surface area contributed by atoms with Crippen molar-refractivity contribution < 1.29 is 15.0 Å². The first-order valence-electron chi connectivity index (χ1n) is 5.10. The van der Waals surface area contributed by atoms with Crippen LogP contribution in [0, 0.1) is 5.92 Å². The summed E-state index contributed by atoms with van der Waals surface area (Å²) in [5, 5.41) is 19.4. The van der Waals surface area contributed by atoms with Crippen molar-refractivity contribution >= 4 is 21.9 Å². The van der Waals surface area contributed by atoms with Crippen molar-refractivity contribution in [3.63, 3.8) is 0 Å². The fourth-order valence-corrected chi connectivity index (χ4v) is 2.07. The number of carboxylic acids is 1. The van der Waals surface area contributed by atoms with Gasteiger partial charge in [0.15, 0.2) is 0 Å². The molecule has 0 aliphatic carbocycles. The standard InChI is InChI=1S/C12H15BrO3/c1-3-10(11(14)15)12(2,16)8-4-6-9(13)7-5-8/h4-7,10,16H,3H2,1-2H3,(H,14,15). The fourth-order valence-electron chi connectivity index (χ4n) is 1.80. The van der Waals surface area contributed by atoms with Crippen LogP contribution in [0.2, 0.25) is 0 Å². The molecule has 0 heterocycles. The van der Waals surface area contributed by atoms with E-state index in [4.69, 9.17) is 5.11 Å². The number of rotatable bonds is 4. The molecule has 3 nitrogen and oxygen atoms in total. The molecule has 0 saturated heterocycles. The van der Waals surface area contributed by atoms with Crippen molar-refractivity contribution in [2.45, 2.75) is 25.9 Å². The zero-order valence-corrected chi connectivity index (χ0v) is 10.9. The van der Waals surface area contributed by atoms with E-state index in [-0.39, 0.29) is 0 Å². The number of hydrogen-bond acceptors (Lipinski definition) is 2. The minimum atomic E-state index is -1.35. The van der Waals surface area contributed by atoms with Crippen molar-refractivity contribution in [2.24, 2.45) is 5.92 Å². The molecular formula is C12H15BrO3. The molecule has 1 rings (SSSR count). The van der Waals surface area contributed by atoms with Crippen LogP contribution in [-0.2, 0) is 10.4 Å². The third kappa shape index (κ3) is 2.62. The van der Waals surface area contributed by atoms with Gasteiger partial charge in [-0.3, -0.25) is 4.79 Å². The molecule has 0 aromatic heterocycles. The topological polar surface area (TPSA) is 57.5 Å². The lowest BCUT2D eigenvalue weighted by atomic mass is 9.81. The maximum atomic E-state index is 11.0. The van der Waals surface area contributed by atoms with E-state index in [1.807, 2.05) is 0 Å². The molecule has 0 fully saturated rings. The summed E-state index contributed by atoms with van der Waals surface area (Å²) in [5.74, 6) is -1.77. The zero-order chi connectivity index (χ0) is 12.3. The van der Waals surface area contributed by atoms with Gasteiger partial charge in [0.1, 0.15) is 5.60 Å². The molecule has 2 atom stereocenters. The Morgan fingerprint density at radius 3 is 2.31 bits per heavy atom. The summed E-state index contributed by atoms with van der Waals surface area (Å²) < 4.78 is 0.899. The maximum Gasteiger partial charge on any atom is 0.309 e. The van der Waals surface area contributed by atoms with Crippen molar-refractivity contribution in [2.75, 3.05) is 0 Å². The van der Waals surface area contributed by atoms with Gasteiger partial charge in [-0.1, -0.05) is 35.0 Å². The van der Waals surface area contributed by atoms with E-state index < -0.39 is 17.5 Å². The van der Waals surface area contributed by atoms with Gasteiger partial charge in [0, 0.05) is 4.47 Å². The Bertz CT molecular complexity index is 370. The molecule has 1 aromatic rings. The highest BCUT2D eigenvalue weighted by Gasteiger charge is 2.37. The average molecular weight is 287 g/mol. The molecule has 0 aliphatic rings. The van der Waals surface area contributed by atoms with Gasteiger partial charge in [-0.2, -0.15) is 0 Å². The molecule has 2 N–H and O–H groups in total.